The second kappa shape index (κ2) is 12.4. The Morgan fingerprint density at radius 3 is 2.35 bits per heavy atom. The molecule has 6 N–H and O–H groups in total. The second-order valence-corrected chi connectivity index (χ2v) is 9.07. The maximum Gasteiger partial charge on any atom is 0.408 e. The number of hydrogen-bond acceptors (Lipinski definition) is 9. The average Bonchev–Trinajstić information content (AvgIpc) is 2.94. The van der Waals surface area contributed by atoms with E-state index in [9.17, 15) is 33.6 Å². The summed E-state index contributed by atoms with van der Waals surface area (Å²) in [6.07, 6.45) is -1.99. The van der Waals surface area contributed by atoms with Gasteiger partial charge in [0.05, 0.1) is 19.5 Å². The van der Waals surface area contributed by atoms with Crippen molar-refractivity contribution in [3.05, 3.63) is 35.9 Å². The molecule has 0 aromatic heterocycles. The number of β-lactam (4-membered cyclic amide) rings is 1. The number of primary amides is 1. The number of likely N-dealkylation sites (N-methyl/N-ethyl adjacent to an activating group) is 1. The van der Waals surface area contributed by atoms with Gasteiger partial charge in [-0.25, -0.2) is 9.59 Å². The van der Waals surface area contributed by atoms with Crippen molar-refractivity contribution in [2.24, 2.45) is 5.73 Å². The molecule has 1 aromatic carbocycles. The molecule has 8 amide bonds. The molecule has 0 radical (unpaired) electrons. The first-order chi connectivity index (χ1) is 19.0. The predicted octanol–water partition coefficient (Wildman–Crippen LogP) is -2.48. The van der Waals surface area contributed by atoms with Crippen molar-refractivity contribution in [3.8, 4) is 0 Å². The lowest BCUT2D eigenvalue weighted by molar-refractivity contribution is -0.167. The fourth-order valence-corrected chi connectivity index (χ4v) is 4.01. The van der Waals surface area contributed by atoms with Gasteiger partial charge >= 0.3 is 23.9 Å². The molecule has 16 heteroatoms. The molecule has 2 heterocycles. The SMILES string of the molecule is CCN1CCN(C(=O)NCC(CC(=O)NC2(OC)CNC2=O)(NC(=O)OCc2ccccc2)C(N)=O)C(=O)C1=O. The zero-order valence-corrected chi connectivity index (χ0v) is 22.0. The average molecular weight is 562 g/mol. The highest BCUT2D eigenvalue weighted by molar-refractivity contribution is 6.38. The molecule has 0 aliphatic carbocycles. The molecule has 2 aliphatic heterocycles. The molecule has 2 aliphatic rings. The van der Waals surface area contributed by atoms with E-state index in [1.807, 2.05) is 0 Å². The van der Waals surface area contributed by atoms with Crippen molar-refractivity contribution in [3.63, 3.8) is 0 Å². The van der Waals surface area contributed by atoms with Crippen LogP contribution < -0.4 is 27.0 Å². The number of imide groups is 1. The van der Waals surface area contributed by atoms with Crippen LogP contribution >= 0.6 is 0 Å². The number of amides is 8. The number of benzene rings is 1. The van der Waals surface area contributed by atoms with Crippen LogP contribution in [-0.4, -0.2) is 103 Å². The van der Waals surface area contributed by atoms with E-state index in [4.69, 9.17) is 15.2 Å². The Hall–Kier alpha value is -4.73. The number of nitrogens with zero attached hydrogens (tertiary/aromatic N) is 2. The van der Waals surface area contributed by atoms with E-state index in [1.54, 1.807) is 37.3 Å². The van der Waals surface area contributed by atoms with Gasteiger partial charge in [-0.05, 0) is 12.5 Å². The van der Waals surface area contributed by atoms with Gasteiger partial charge < -0.3 is 41.4 Å². The summed E-state index contributed by atoms with van der Waals surface area (Å²) >= 11 is 0. The lowest BCUT2D eigenvalue weighted by Gasteiger charge is -2.40. The number of piperazine rings is 1. The van der Waals surface area contributed by atoms with Crippen molar-refractivity contribution in [1.82, 2.24) is 31.1 Å². The normalized spacial score (nSPS) is 20.0. The van der Waals surface area contributed by atoms with E-state index < -0.39 is 65.9 Å². The Morgan fingerprint density at radius 2 is 1.80 bits per heavy atom. The fraction of sp³-hybridized carbons (Fsp3) is 0.458. The molecule has 3 rings (SSSR count). The molecule has 16 nitrogen and oxygen atoms in total. The van der Waals surface area contributed by atoms with Gasteiger partial charge in [0.25, 0.3) is 5.91 Å². The topological polar surface area (TPSA) is 219 Å². The molecular formula is C24H31N7O9. The van der Waals surface area contributed by atoms with Gasteiger partial charge in [0.15, 0.2) is 0 Å². The molecule has 0 bridgehead atoms. The van der Waals surface area contributed by atoms with Gasteiger partial charge in [-0.2, -0.15) is 0 Å². The number of rotatable bonds is 11. The Balaban J connectivity index is 1.77. The maximum atomic E-state index is 12.9. The number of methoxy groups -OCH3 is 1. The summed E-state index contributed by atoms with van der Waals surface area (Å²) in [5, 5.41) is 9.29. The highest BCUT2D eigenvalue weighted by atomic mass is 16.5. The van der Waals surface area contributed by atoms with Crippen LogP contribution in [0.5, 0.6) is 0 Å². The van der Waals surface area contributed by atoms with Gasteiger partial charge in [-0.1, -0.05) is 30.3 Å². The van der Waals surface area contributed by atoms with Crippen molar-refractivity contribution < 1.29 is 43.0 Å². The lowest BCUT2D eigenvalue weighted by Crippen LogP contribution is -2.75. The zero-order valence-electron chi connectivity index (χ0n) is 22.0. The molecule has 2 fully saturated rings. The van der Waals surface area contributed by atoms with Crippen molar-refractivity contribution in [2.45, 2.75) is 31.2 Å². The van der Waals surface area contributed by atoms with Crippen molar-refractivity contribution in [2.75, 3.05) is 39.8 Å². The largest absolute Gasteiger partial charge is 0.445 e. The van der Waals surface area contributed by atoms with Crippen LogP contribution in [0.3, 0.4) is 0 Å². The van der Waals surface area contributed by atoms with Crippen LogP contribution in [0.2, 0.25) is 0 Å². The van der Waals surface area contributed by atoms with Crippen LogP contribution in [0.15, 0.2) is 30.3 Å². The van der Waals surface area contributed by atoms with E-state index in [0.717, 1.165) is 0 Å². The molecule has 40 heavy (non-hydrogen) atoms. The van der Waals surface area contributed by atoms with E-state index in [1.165, 1.54) is 12.0 Å². The predicted molar refractivity (Wildman–Crippen MR) is 135 cm³/mol. The number of urea groups is 1. The first-order valence-electron chi connectivity index (χ1n) is 12.3. The number of carbonyl (C=O) groups excluding carboxylic acids is 7. The third kappa shape index (κ3) is 6.45. The van der Waals surface area contributed by atoms with E-state index >= 15 is 0 Å². The molecule has 0 saturated carbocycles. The summed E-state index contributed by atoms with van der Waals surface area (Å²) in [5.74, 6) is -4.76. The molecule has 0 spiro atoms. The molecular weight excluding hydrogens is 530 g/mol. The third-order valence-electron chi connectivity index (χ3n) is 6.52. The Bertz CT molecular complexity index is 1190. The Kier molecular flexibility index (Phi) is 9.26. The van der Waals surface area contributed by atoms with Gasteiger partial charge in [-0.3, -0.25) is 28.9 Å². The lowest BCUT2D eigenvalue weighted by atomic mass is 9.92. The fourth-order valence-electron chi connectivity index (χ4n) is 4.01. The number of alkyl carbamates (subject to hydrolysis) is 1. The van der Waals surface area contributed by atoms with Gasteiger partial charge in [-0.15, -0.1) is 0 Å². The van der Waals surface area contributed by atoms with Crippen LogP contribution in [0, 0.1) is 0 Å². The van der Waals surface area contributed by atoms with Crippen molar-refractivity contribution in [1.29, 1.82) is 0 Å². The number of nitrogens with one attached hydrogen (secondary N) is 4. The second-order valence-electron chi connectivity index (χ2n) is 9.07. The minimum Gasteiger partial charge on any atom is -0.445 e. The molecule has 1 aromatic rings. The van der Waals surface area contributed by atoms with Crippen LogP contribution in [0.1, 0.15) is 18.9 Å². The van der Waals surface area contributed by atoms with Crippen LogP contribution in [0.4, 0.5) is 9.59 Å². The highest BCUT2D eigenvalue weighted by Crippen LogP contribution is 2.17. The molecule has 2 unspecified atom stereocenters. The summed E-state index contributed by atoms with van der Waals surface area (Å²) in [7, 11) is 1.19. The van der Waals surface area contributed by atoms with E-state index in [-0.39, 0.29) is 32.8 Å². The smallest absolute Gasteiger partial charge is 0.408 e. The summed E-state index contributed by atoms with van der Waals surface area (Å²) in [6.45, 7) is 0.921. The first kappa shape index (κ1) is 29.8. The summed E-state index contributed by atoms with van der Waals surface area (Å²) in [4.78, 5) is 89.6. The number of nitrogens with two attached hydrogens (primary N) is 1. The Labute approximate surface area is 228 Å². The number of carbonyl (C=O) groups is 7. The molecule has 2 saturated heterocycles. The summed E-state index contributed by atoms with van der Waals surface area (Å²) in [5.41, 5.74) is 2.26. The number of hydrogen-bond donors (Lipinski definition) is 5. The summed E-state index contributed by atoms with van der Waals surface area (Å²) in [6, 6.07) is 7.53. The minimum atomic E-state index is -2.28. The third-order valence-corrected chi connectivity index (χ3v) is 6.52. The monoisotopic (exact) mass is 561 g/mol. The minimum absolute atomic E-state index is 0.0548. The quantitative estimate of drug-likeness (QED) is 0.110. The standard InChI is InChI=1S/C24H31N7O9/c1-3-30-9-10-31(18(34)17(30)33)21(37)27-13-23(19(25)35,11-16(32)28-24(39-2)14-26-20(24)36)29-22(38)40-12-15-7-5-4-6-8-15/h4-8H,3,9-14H2,1-2H3,(H2,25,35)(H,26,36)(H,27,37)(H,28,32)(H,29,38). The first-order valence-corrected chi connectivity index (χ1v) is 12.3. The van der Waals surface area contributed by atoms with E-state index in [2.05, 4.69) is 21.3 Å². The van der Waals surface area contributed by atoms with Crippen LogP contribution in [-0.2, 0) is 40.1 Å². The molecule has 2 atom stereocenters. The van der Waals surface area contributed by atoms with Crippen molar-refractivity contribution >= 4 is 41.7 Å². The Morgan fingerprint density at radius 1 is 1.10 bits per heavy atom. The maximum absolute atomic E-state index is 12.9. The van der Waals surface area contributed by atoms with E-state index in [0.29, 0.717) is 10.5 Å². The summed E-state index contributed by atoms with van der Waals surface area (Å²) < 4.78 is 10.3. The van der Waals surface area contributed by atoms with Gasteiger partial charge in [0.1, 0.15) is 12.1 Å². The van der Waals surface area contributed by atoms with Gasteiger partial charge in [0, 0.05) is 26.7 Å². The van der Waals surface area contributed by atoms with Gasteiger partial charge in [0.2, 0.25) is 17.5 Å². The highest BCUT2D eigenvalue weighted by Gasteiger charge is 2.50. The van der Waals surface area contributed by atoms with Crippen LogP contribution in [0.25, 0.3) is 0 Å². The molecule has 216 valence electrons. The zero-order chi connectivity index (χ0) is 29.5. The number of ether oxygens (including phenoxy) is 2.